The highest BCUT2D eigenvalue weighted by Crippen LogP contribution is 2.59. The van der Waals surface area contributed by atoms with Crippen LogP contribution in [0.4, 0.5) is 0 Å². The lowest BCUT2D eigenvalue weighted by molar-refractivity contribution is -0.179. The first kappa shape index (κ1) is 21.3. The third-order valence-corrected chi connectivity index (χ3v) is 8.05. The highest BCUT2D eigenvalue weighted by molar-refractivity contribution is 5.87. The van der Waals surface area contributed by atoms with Crippen molar-refractivity contribution in [3.05, 3.63) is 0 Å². The quantitative estimate of drug-likeness (QED) is 0.737. The normalized spacial score (nSPS) is 43.3. The monoisotopic (exact) mass is 394 g/mol. The Bertz CT molecular complexity index is 645. The first-order chi connectivity index (χ1) is 13.1. The van der Waals surface area contributed by atoms with Gasteiger partial charge in [-0.1, -0.05) is 13.8 Å². The fourth-order valence-corrected chi connectivity index (χ4v) is 6.27. The van der Waals surface area contributed by atoms with Crippen molar-refractivity contribution in [2.45, 2.75) is 84.8 Å². The van der Waals surface area contributed by atoms with Crippen LogP contribution in [0.3, 0.4) is 0 Å². The van der Waals surface area contributed by atoms with Crippen molar-refractivity contribution < 1.29 is 29.0 Å². The minimum Gasteiger partial charge on any atom is -0.466 e. The van der Waals surface area contributed by atoms with Crippen LogP contribution in [-0.4, -0.2) is 41.6 Å². The maximum atomic E-state index is 12.6. The topological polar surface area (TPSA) is 89.9 Å². The second-order valence-corrected chi connectivity index (χ2v) is 9.64. The molecule has 0 aromatic rings. The number of ketones is 1. The molecule has 28 heavy (non-hydrogen) atoms. The van der Waals surface area contributed by atoms with Crippen LogP contribution >= 0.6 is 0 Å². The number of hydrogen-bond acceptors (Lipinski definition) is 6. The predicted octanol–water partition coefficient (Wildman–Crippen LogP) is 3.04. The number of aliphatic hydroxyl groups excluding tert-OH is 1. The summed E-state index contributed by atoms with van der Waals surface area (Å²) in [5.41, 5.74) is -0.631. The van der Waals surface area contributed by atoms with Crippen molar-refractivity contribution in [2.75, 3.05) is 6.61 Å². The second kappa shape index (κ2) is 7.77. The average Bonchev–Trinajstić information content (AvgIpc) is 2.91. The van der Waals surface area contributed by atoms with Crippen molar-refractivity contribution in [3.8, 4) is 0 Å². The fourth-order valence-electron chi connectivity index (χ4n) is 6.27. The molecule has 158 valence electrons. The Kier molecular flexibility index (Phi) is 5.91. The van der Waals surface area contributed by atoms with E-state index in [1.807, 2.05) is 6.92 Å². The van der Waals surface area contributed by atoms with Crippen LogP contribution < -0.4 is 0 Å². The van der Waals surface area contributed by atoms with Crippen molar-refractivity contribution in [1.82, 2.24) is 0 Å². The van der Waals surface area contributed by atoms with E-state index in [1.54, 1.807) is 0 Å². The number of carbonyl (C=O) groups is 3. The van der Waals surface area contributed by atoms with E-state index >= 15 is 0 Å². The summed E-state index contributed by atoms with van der Waals surface area (Å²) in [5.74, 6) is -0.210. The zero-order valence-electron chi connectivity index (χ0n) is 17.5. The molecule has 0 aromatic heterocycles. The lowest BCUT2D eigenvalue weighted by Gasteiger charge is -2.55. The first-order valence-corrected chi connectivity index (χ1v) is 10.6. The molecule has 0 spiro atoms. The Balaban J connectivity index is 1.92. The molecule has 0 bridgehead atoms. The molecule has 3 saturated carbocycles. The Labute approximate surface area is 167 Å². The summed E-state index contributed by atoms with van der Waals surface area (Å²) in [4.78, 5) is 35.9. The number of hydrogen-bond donors (Lipinski definition) is 1. The van der Waals surface area contributed by atoms with Crippen molar-refractivity contribution in [3.63, 3.8) is 0 Å². The molecule has 6 heteroatoms. The third kappa shape index (κ3) is 3.72. The van der Waals surface area contributed by atoms with Crippen molar-refractivity contribution in [1.29, 1.82) is 0 Å². The van der Waals surface area contributed by atoms with Gasteiger partial charge >= 0.3 is 11.9 Å². The molecule has 3 aliphatic carbocycles. The van der Waals surface area contributed by atoms with Crippen LogP contribution in [0.5, 0.6) is 0 Å². The molecule has 3 rings (SSSR count). The van der Waals surface area contributed by atoms with Crippen LogP contribution in [-0.2, 0) is 23.9 Å². The molecule has 0 aromatic carbocycles. The molecule has 0 amide bonds. The van der Waals surface area contributed by atoms with Crippen LogP contribution in [0.25, 0.3) is 0 Å². The van der Waals surface area contributed by atoms with Gasteiger partial charge < -0.3 is 14.6 Å². The Morgan fingerprint density at radius 2 is 1.79 bits per heavy atom. The van der Waals surface area contributed by atoms with Crippen LogP contribution in [0.1, 0.15) is 72.6 Å². The molecule has 3 aliphatic rings. The maximum absolute atomic E-state index is 12.6. The van der Waals surface area contributed by atoms with E-state index in [0.29, 0.717) is 19.3 Å². The van der Waals surface area contributed by atoms with Gasteiger partial charge in [0.1, 0.15) is 11.9 Å². The van der Waals surface area contributed by atoms with E-state index < -0.39 is 11.5 Å². The number of carbonyl (C=O) groups excluding carboxylic acids is 3. The van der Waals surface area contributed by atoms with E-state index in [-0.39, 0.29) is 53.6 Å². The van der Waals surface area contributed by atoms with Crippen LogP contribution in [0.15, 0.2) is 0 Å². The number of esters is 2. The van der Waals surface area contributed by atoms with Crippen LogP contribution in [0.2, 0.25) is 0 Å². The molecule has 0 saturated heterocycles. The number of fused-ring (bicyclic) bond motifs is 1. The van der Waals surface area contributed by atoms with Gasteiger partial charge in [0.2, 0.25) is 0 Å². The van der Waals surface area contributed by atoms with E-state index in [4.69, 9.17) is 9.47 Å². The highest BCUT2D eigenvalue weighted by atomic mass is 16.5. The molecular formula is C22H34O6. The number of ether oxygens (including phenoxy) is 2. The summed E-state index contributed by atoms with van der Waals surface area (Å²) in [6.45, 7) is 7.32. The van der Waals surface area contributed by atoms with E-state index in [1.165, 1.54) is 13.8 Å². The Morgan fingerprint density at radius 1 is 1.07 bits per heavy atom. The smallest absolute Gasteiger partial charge is 0.302 e. The lowest BCUT2D eigenvalue weighted by atomic mass is 9.52. The Hall–Kier alpha value is -1.43. The fraction of sp³-hybridized carbons (Fsp3) is 0.864. The largest absolute Gasteiger partial charge is 0.466 e. The Morgan fingerprint density at radius 3 is 2.43 bits per heavy atom. The summed E-state index contributed by atoms with van der Waals surface area (Å²) in [6, 6.07) is 0. The zero-order chi connectivity index (χ0) is 20.7. The molecule has 0 radical (unpaired) electrons. The standard InChI is InChI=1S/C22H34O6/c1-13(23)27-12-15-11-16(25)7-9-21(15,3)18-8-10-22(4)17(5-6-19(22)26)20(18)28-14(2)24/h15-18,20,25H,5-12H2,1-4H3/t15-,16+,17?,18?,20+,21+,22+/m1/s1. The first-order valence-electron chi connectivity index (χ1n) is 10.6. The van der Waals surface area contributed by atoms with Gasteiger partial charge in [-0.2, -0.15) is 0 Å². The van der Waals surface area contributed by atoms with Gasteiger partial charge in [0.05, 0.1) is 12.7 Å². The van der Waals surface area contributed by atoms with Gasteiger partial charge in [-0.15, -0.1) is 0 Å². The summed E-state index contributed by atoms with van der Waals surface area (Å²) < 4.78 is 11.2. The zero-order valence-corrected chi connectivity index (χ0v) is 17.5. The summed E-state index contributed by atoms with van der Waals surface area (Å²) in [6.07, 6.45) is 4.28. The average molecular weight is 395 g/mol. The van der Waals surface area contributed by atoms with Crippen molar-refractivity contribution in [2.24, 2.45) is 28.6 Å². The molecule has 1 N–H and O–H groups in total. The molecule has 0 aliphatic heterocycles. The molecule has 3 fully saturated rings. The van der Waals surface area contributed by atoms with Gasteiger partial charge in [-0.25, -0.2) is 0 Å². The van der Waals surface area contributed by atoms with Gasteiger partial charge in [0.25, 0.3) is 0 Å². The van der Waals surface area contributed by atoms with Crippen LogP contribution in [0, 0.1) is 28.6 Å². The number of rotatable bonds is 4. The summed E-state index contributed by atoms with van der Waals surface area (Å²) in [7, 11) is 0. The maximum Gasteiger partial charge on any atom is 0.302 e. The van der Waals surface area contributed by atoms with E-state index in [0.717, 1.165) is 25.7 Å². The van der Waals surface area contributed by atoms with Crippen molar-refractivity contribution >= 4 is 17.7 Å². The minimum absolute atomic E-state index is 0.00432. The minimum atomic E-state index is -0.410. The SMILES string of the molecule is CC(=O)OC[C@H]1C[C@@H](O)CC[C@]1(C)C1CC[C@]2(C)C(=O)CCC2[C@@H]1OC(C)=O. The predicted molar refractivity (Wildman–Crippen MR) is 102 cm³/mol. The van der Waals surface area contributed by atoms with E-state index in [9.17, 15) is 19.5 Å². The molecule has 0 heterocycles. The molecule has 2 unspecified atom stereocenters. The number of aliphatic hydroxyl groups is 1. The third-order valence-electron chi connectivity index (χ3n) is 8.05. The summed E-state index contributed by atoms with van der Waals surface area (Å²) >= 11 is 0. The molecule has 7 atom stereocenters. The molecule has 6 nitrogen and oxygen atoms in total. The van der Waals surface area contributed by atoms with Gasteiger partial charge in [-0.3, -0.25) is 14.4 Å². The van der Waals surface area contributed by atoms with Gasteiger partial charge in [-0.05, 0) is 43.9 Å². The highest BCUT2D eigenvalue weighted by Gasteiger charge is 2.60. The van der Waals surface area contributed by atoms with Gasteiger partial charge in [0.15, 0.2) is 0 Å². The molecular weight excluding hydrogens is 360 g/mol. The van der Waals surface area contributed by atoms with E-state index in [2.05, 4.69) is 6.92 Å². The summed E-state index contributed by atoms with van der Waals surface area (Å²) in [5, 5.41) is 10.2. The van der Waals surface area contributed by atoms with Gasteiger partial charge in [0, 0.05) is 43.4 Å². The second-order valence-electron chi connectivity index (χ2n) is 9.64. The lowest BCUT2D eigenvalue weighted by Crippen LogP contribution is -2.55. The number of Topliss-reactive ketones (excluding diaryl/α,β-unsaturated/α-hetero) is 1.